The number of hydrogen-bond acceptors (Lipinski definition) is 2. The van der Waals surface area contributed by atoms with Crippen LogP contribution in [0.4, 0.5) is 17.6 Å². The summed E-state index contributed by atoms with van der Waals surface area (Å²) in [5.41, 5.74) is 6.01. The van der Waals surface area contributed by atoms with E-state index >= 15 is 0 Å². The van der Waals surface area contributed by atoms with Gasteiger partial charge in [-0.15, -0.1) is 0 Å². The molecule has 3 aromatic rings. The molecule has 0 bridgehead atoms. The molecule has 0 aliphatic rings. The predicted molar refractivity (Wildman–Crippen MR) is 95.5 cm³/mol. The standard InChI is InChI=1S/C21H18F4N2/c1-14-6-5-9-19(27-14)20(26,13-15-7-3-2-4-8-15)16-10-17(21(23,24)25)12-18(22)11-16/h2-12H,13,26H2,1H3. The highest BCUT2D eigenvalue weighted by Crippen LogP contribution is 2.36. The van der Waals surface area contributed by atoms with Crippen molar-refractivity contribution in [2.24, 2.45) is 5.73 Å². The Morgan fingerprint density at radius 3 is 2.19 bits per heavy atom. The lowest BCUT2D eigenvalue weighted by atomic mass is 9.80. The van der Waals surface area contributed by atoms with Crippen molar-refractivity contribution in [2.45, 2.75) is 25.1 Å². The van der Waals surface area contributed by atoms with Gasteiger partial charge in [-0.3, -0.25) is 4.98 Å². The van der Waals surface area contributed by atoms with Gasteiger partial charge in [-0.1, -0.05) is 36.4 Å². The normalized spacial score (nSPS) is 14.0. The van der Waals surface area contributed by atoms with Gasteiger partial charge in [0.2, 0.25) is 0 Å². The van der Waals surface area contributed by atoms with Crippen LogP contribution in [0, 0.1) is 12.7 Å². The molecule has 2 N–H and O–H groups in total. The van der Waals surface area contributed by atoms with Gasteiger partial charge in [0.15, 0.2) is 0 Å². The zero-order valence-corrected chi connectivity index (χ0v) is 14.6. The Morgan fingerprint density at radius 1 is 0.889 bits per heavy atom. The van der Waals surface area contributed by atoms with Gasteiger partial charge in [-0.2, -0.15) is 13.2 Å². The molecule has 1 heterocycles. The summed E-state index contributed by atoms with van der Waals surface area (Å²) in [5.74, 6) is -0.990. The van der Waals surface area contributed by atoms with Crippen LogP contribution in [0.3, 0.4) is 0 Å². The first-order valence-electron chi connectivity index (χ1n) is 8.34. The fourth-order valence-electron chi connectivity index (χ4n) is 3.06. The molecule has 140 valence electrons. The van der Waals surface area contributed by atoms with Gasteiger partial charge in [0.05, 0.1) is 16.8 Å². The molecule has 6 heteroatoms. The van der Waals surface area contributed by atoms with E-state index in [1.807, 2.05) is 30.3 Å². The van der Waals surface area contributed by atoms with Crippen LogP contribution in [0.1, 0.15) is 28.1 Å². The van der Waals surface area contributed by atoms with E-state index in [0.717, 1.165) is 17.7 Å². The van der Waals surface area contributed by atoms with Gasteiger partial charge in [0.1, 0.15) is 5.82 Å². The fraction of sp³-hybridized carbons (Fsp3) is 0.190. The van der Waals surface area contributed by atoms with Gasteiger partial charge in [-0.25, -0.2) is 4.39 Å². The van der Waals surface area contributed by atoms with Crippen LogP contribution in [0.2, 0.25) is 0 Å². The highest BCUT2D eigenvalue weighted by atomic mass is 19.4. The first-order valence-corrected chi connectivity index (χ1v) is 8.34. The molecular weight excluding hydrogens is 356 g/mol. The Kier molecular flexibility index (Phi) is 5.02. The number of aryl methyl sites for hydroxylation is 1. The van der Waals surface area contributed by atoms with Crippen molar-refractivity contribution < 1.29 is 17.6 Å². The molecule has 1 unspecified atom stereocenters. The van der Waals surface area contributed by atoms with Gasteiger partial charge in [-0.05, 0) is 48.4 Å². The van der Waals surface area contributed by atoms with E-state index in [2.05, 4.69) is 4.98 Å². The molecule has 2 nitrogen and oxygen atoms in total. The minimum atomic E-state index is -4.68. The minimum absolute atomic E-state index is 0.0248. The Balaban J connectivity index is 2.20. The van der Waals surface area contributed by atoms with E-state index in [9.17, 15) is 17.6 Å². The molecule has 3 rings (SSSR count). The van der Waals surface area contributed by atoms with Crippen molar-refractivity contribution in [3.8, 4) is 0 Å². The van der Waals surface area contributed by atoms with E-state index in [1.165, 1.54) is 0 Å². The first kappa shape index (κ1) is 19.0. The van der Waals surface area contributed by atoms with Crippen molar-refractivity contribution >= 4 is 0 Å². The molecule has 0 saturated heterocycles. The molecule has 0 aliphatic heterocycles. The van der Waals surface area contributed by atoms with E-state index in [4.69, 9.17) is 5.73 Å². The predicted octanol–water partition coefficient (Wildman–Crippen LogP) is 4.99. The van der Waals surface area contributed by atoms with Crippen molar-refractivity contribution in [1.29, 1.82) is 0 Å². The minimum Gasteiger partial charge on any atom is -0.316 e. The molecule has 0 aliphatic carbocycles. The smallest absolute Gasteiger partial charge is 0.316 e. The molecular formula is C21H18F4N2. The molecule has 1 aromatic heterocycles. The lowest BCUT2D eigenvalue weighted by Gasteiger charge is -2.31. The van der Waals surface area contributed by atoms with Crippen molar-refractivity contribution in [1.82, 2.24) is 4.98 Å². The second-order valence-corrected chi connectivity index (χ2v) is 6.52. The summed E-state index contributed by atoms with van der Waals surface area (Å²) in [6.45, 7) is 1.76. The zero-order valence-electron chi connectivity index (χ0n) is 14.6. The fourth-order valence-corrected chi connectivity index (χ4v) is 3.06. The zero-order chi connectivity index (χ0) is 19.7. The highest BCUT2D eigenvalue weighted by molar-refractivity contribution is 5.40. The number of benzene rings is 2. The number of nitrogens with two attached hydrogens (primary N) is 1. The van der Waals surface area contributed by atoms with Gasteiger partial charge in [0.25, 0.3) is 0 Å². The SMILES string of the molecule is Cc1cccc(C(N)(Cc2ccccc2)c2cc(F)cc(C(F)(F)F)c2)n1. The van der Waals surface area contributed by atoms with E-state index in [-0.39, 0.29) is 12.0 Å². The number of rotatable bonds is 4. The average molecular weight is 374 g/mol. The molecule has 27 heavy (non-hydrogen) atoms. The van der Waals surface area contributed by atoms with Gasteiger partial charge in [0, 0.05) is 12.1 Å². The van der Waals surface area contributed by atoms with E-state index < -0.39 is 23.1 Å². The lowest BCUT2D eigenvalue weighted by molar-refractivity contribution is -0.137. The molecule has 0 fully saturated rings. The Bertz CT molecular complexity index is 938. The first-order chi connectivity index (χ1) is 12.7. The highest BCUT2D eigenvalue weighted by Gasteiger charge is 2.37. The maximum atomic E-state index is 14.0. The number of halogens is 4. The van der Waals surface area contributed by atoms with Crippen molar-refractivity contribution in [3.63, 3.8) is 0 Å². The largest absolute Gasteiger partial charge is 0.416 e. The molecule has 0 radical (unpaired) electrons. The number of nitrogens with zero attached hydrogens (tertiary/aromatic N) is 1. The van der Waals surface area contributed by atoms with Crippen LogP contribution in [0.5, 0.6) is 0 Å². The topological polar surface area (TPSA) is 38.9 Å². The Morgan fingerprint density at radius 2 is 1.56 bits per heavy atom. The summed E-state index contributed by atoms with van der Waals surface area (Å²) in [7, 11) is 0. The second kappa shape index (κ2) is 7.12. The summed E-state index contributed by atoms with van der Waals surface area (Å²) in [4.78, 5) is 4.41. The third-order valence-electron chi connectivity index (χ3n) is 4.41. The maximum absolute atomic E-state index is 14.0. The number of alkyl halides is 3. The molecule has 1 atom stereocenters. The second-order valence-electron chi connectivity index (χ2n) is 6.52. The van der Waals surface area contributed by atoms with Crippen LogP contribution in [-0.4, -0.2) is 4.98 Å². The third-order valence-corrected chi connectivity index (χ3v) is 4.41. The summed E-state index contributed by atoms with van der Waals surface area (Å²) >= 11 is 0. The quantitative estimate of drug-likeness (QED) is 0.653. The van der Waals surface area contributed by atoms with Crippen LogP contribution in [-0.2, 0) is 18.1 Å². The third kappa shape index (κ3) is 4.17. The maximum Gasteiger partial charge on any atom is 0.416 e. The van der Waals surface area contributed by atoms with Crippen LogP contribution in [0.15, 0.2) is 66.7 Å². The van der Waals surface area contributed by atoms with Gasteiger partial charge >= 0.3 is 6.18 Å². The molecule has 0 saturated carbocycles. The molecule has 0 spiro atoms. The van der Waals surface area contributed by atoms with Crippen LogP contribution < -0.4 is 5.73 Å². The summed E-state index contributed by atoms with van der Waals surface area (Å²) in [5, 5.41) is 0. The number of hydrogen-bond donors (Lipinski definition) is 1. The van der Waals surface area contributed by atoms with E-state index in [0.29, 0.717) is 17.5 Å². The number of aromatic nitrogens is 1. The van der Waals surface area contributed by atoms with Crippen molar-refractivity contribution in [3.05, 3.63) is 101 Å². The summed E-state index contributed by atoms with van der Waals surface area (Å²) in [6, 6.07) is 16.6. The van der Waals surface area contributed by atoms with Crippen LogP contribution in [0.25, 0.3) is 0 Å². The molecule has 0 amide bonds. The van der Waals surface area contributed by atoms with E-state index in [1.54, 1.807) is 25.1 Å². The van der Waals surface area contributed by atoms with Crippen molar-refractivity contribution in [2.75, 3.05) is 0 Å². The lowest BCUT2D eigenvalue weighted by Crippen LogP contribution is -2.41. The summed E-state index contributed by atoms with van der Waals surface area (Å²) < 4.78 is 53.7. The summed E-state index contributed by atoms with van der Waals surface area (Å²) in [6.07, 6.45) is -4.50. The Labute approximate surface area is 154 Å². The molecule has 2 aromatic carbocycles. The monoisotopic (exact) mass is 374 g/mol. The van der Waals surface area contributed by atoms with Gasteiger partial charge < -0.3 is 5.73 Å². The van der Waals surface area contributed by atoms with Crippen LogP contribution >= 0.6 is 0 Å². The number of pyridine rings is 1. The Hall–Kier alpha value is -2.73. The average Bonchev–Trinajstić information content (AvgIpc) is 2.61.